The van der Waals surface area contributed by atoms with E-state index in [1.165, 1.54) is 7.11 Å². The molecular formula is C24H23NO4. The van der Waals surface area contributed by atoms with Gasteiger partial charge in [-0.25, -0.2) is 9.59 Å². The zero-order chi connectivity index (χ0) is 21.0. The van der Waals surface area contributed by atoms with Crippen LogP contribution in [0.15, 0.2) is 60.8 Å². The first kappa shape index (κ1) is 20.3. The van der Waals surface area contributed by atoms with E-state index >= 15 is 0 Å². The SMILES string of the molecule is COC(=O)c1ccc(C(C)OC(=O)c2c(-c3ccc(C)cc3)ccnc2C)cc1. The molecule has 3 aromatic rings. The minimum atomic E-state index is -0.486. The van der Waals surface area contributed by atoms with Crippen LogP contribution in [0.1, 0.15) is 50.6 Å². The molecule has 0 saturated carbocycles. The summed E-state index contributed by atoms with van der Waals surface area (Å²) in [6.07, 6.45) is 1.20. The van der Waals surface area contributed by atoms with Crippen LogP contribution in [0.4, 0.5) is 0 Å². The van der Waals surface area contributed by atoms with Crippen LogP contribution in [0.2, 0.25) is 0 Å². The van der Waals surface area contributed by atoms with Gasteiger partial charge in [0.25, 0.3) is 0 Å². The Morgan fingerprint density at radius 1 is 0.897 bits per heavy atom. The Morgan fingerprint density at radius 3 is 2.17 bits per heavy atom. The maximum atomic E-state index is 13.0. The van der Waals surface area contributed by atoms with Gasteiger partial charge in [0.2, 0.25) is 0 Å². The Balaban J connectivity index is 1.85. The Bertz CT molecular complexity index is 1020. The van der Waals surface area contributed by atoms with E-state index in [0.717, 1.165) is 22.3 Å². The summed E-state index contributed by atoms with van der Waals surface area (Å²) in [6, 6.07) is 16.6. The molecule has 148 valence electrons. The maximum absolute atomic E-state index is 13.0. The van der Waals surface area contributed by atoms with E-state index in [0.29, 0.717) is 16.8 Å². The topological polar surface area (TPSA) is 65.5 Å². The fraction of sp³-hybridized carbons (Fsp3) is 0.208. The van der Waals surface area contributed by atoms with Crippen LogP contribution in [0, 0.1) is 13.8 Å². The third kappa shape index (κ3) is 4.51. The van der Waals surface area contributed by atoms with Gasteiger partial charge in [-0.1, -0.05) is 42.0 Å². The van der Waals surface area contributed by atoms with Gasteiger partial charge in [-0.15, -0.1) is 0 Å². The lowest BCUT2D eigenvalue weighted by Gasteiger charge is -2.17. The molecule has 0 aliphatic carbocycles. The van der Waals surface area contributed by atoms with Gasteiger partial charge in [0.1, 0.15) is 6.10 Å². The van der Waals surface area contributed by atoms with Crippen LogP contribution in [0.5, 0.6) is 0 Å². The number of benzene rings is 2. The number of hydrogen-bond acceptors (Lipinski definition) is 5. The molecule has 3 rings (SSSR count). The minimum absolute atomic E-state index is 0.407. The van der Waals surface area contributed by atoms with Gasteiger partial charge in [-0.05, 0) is 55.7 Å². The number of aryl methyl sites for hydroxylation is 2. The molecule has 0 radical (unpaired) electrons. The first-order valence-electron chi connectivity index (χ1n) is 9.32. The van der Waals surface area contributed by atoms with E-state index in [9.17, 15) is 9.59 Å². The summed E-state index contributed by atoms with van der Waals surface area (Å²) < 4.78 is 10.4. The van der Waals surface area contributed by atoms with E-state index in [1.807, 2.05) is 37.3 Å². The van der Waals surface area contributed by atoms with E-state index < -0.39 is 18.0 Å². The highest BCUT2D eigenvalue weighted by molar-refractivity contribution is 5.98. The third-order valence-electron chi connectivity index (χ3n) is 4.79. The molecule has 5 nitrogen and oxygen atoms in total. The number of ether oxygens (including phenoxy) is 2. The molecule has 0 spiro atoms. The summed E-state index contributed by atoms with van der Waals surface area (Å²) >= 11 is 0. The van der Waals surface area contributed by atoms with Crippen LogP contribution in [0.25, 0.3) is 11.1 Å². The standard InChI is InChI=1S/C24H23NO4/c1-15-5-7-19(8-6-15)21-13-14-25-16(2)22(21)24(27)29-17(3)18-9-11-20(12-10-18)23(26)28-4/h5-14,17H,1-4H3. The van der Waals surface area contributed by atoms with Crippen molar-refractivity contribution in [2.45, 2.75) is 26.9 Å². The molecule has 0 amide bonds. The lowest BCUT2D eigenvalue weighted by atomic mass is 9.98. The van der Waals surface area contributed by atoms with Crippen molar-refractivity contribution >= 4 is 11.9 Å². The Hall–Kier alpha value is -3.47. The monoisotopic (exact) mass is 389 g/mol. The van der Waals surface area contributed by atoms with Gasteiger partial charge in [0.15, 0.2) is 0 Å². The van der Waals surface area contributed by atoms with Crippen molar-refractivity contribution in [3.63, 3.8) is 0 Å². The van der Waals surface area contributed by atoms with E-state index in [2.05, 4.69) is 4.98 Å². The number of carbonyl (C=O) groups excluding carboxylic acids is 2. The number of methoxy groups -OCH3 is 1. The number of pyridine rings is 1. The second-order valence-corrected chi connectivity index (χ2v) is 6.85. The van der Waals surface area contributed by atoms with Gasteiger partial charge < -0.3 is 9.47 Å². The van der Waals surface area contributed by atoms with Gasteiger partial charge in [-0.2, -0.15) is 0 Å². The summed E-state index contributed by atoms with van der Waals surface area (Å²) in [7, 11) is 1.34. The summed E-state index contributed by atoms with van der Waals surface area (Å²) in [4.78, 5) is 28.8. The second-order valence-electron chi connectivity index (χ2n) is 6.85. The highest BCUT2D eigenvalue weighted by atomic mass is 16.5. The molecule has 1 heterocycles. The van der Waals surface area contributed by atoms with Crippen molar-refractivity contribution in [2.75, 3.05) is 7.11 Å². The van der Waals surface area contributed by atoms with E-state index in [-0.39, 0.29) is 0 Å². The number of carbonyl (C=O) groups is 2. The molecule has 0 aliphatic heterocycles. The molecule has 0 N–H and O–H groups in total. The zero-order valence-electron chi connectivity index (χ0n) is 16.9. The zero-order valence-corrected chi connectivity index (χ0v) is 16.9. The fourth-order valence-electron chi connectivity index (χ4n) is 3.09. The molecule has 1 unspecified atom stereocenters. The number of hydrogen-bond donors (Lipinski definition) is 0. The van der Waals surface area contributed by atoms with Crippen LogP contribution < -0.4 is 0 Å². The highest BCUT2D eigenvalue weighted by Crippen LogP contribution is 2.28. The van der Waals surface area contributed by atoms with Crippen LogP contribution in [-0.2, 0) is 9.47 Å². The molecule has 0 fully saturated rings. The molecule has 0 saturated heterocycles. The van der Waals surface area contributed by atoms with E-state index in [1.54, 1.807) is 44.3 Å². The molecular weight excluding hydrogens is 366 g/mol. The predicted octanol–water partition coefficient (Wildman–Crippen LogP) is 5.07. The van der Waals surface area contributed by atoms with Crippen molar-refractivity contribution in [3.05, 3.63) is 88.7 Å². The van der Waals surface area contributed by atoms with E-state index in [4.69, 9.17) is 9.47 Å². The summed E-state index contributed by atoms with van der Waals surface area (Å²) in [5.74, 6) is -0.842. The smallest absolute Gasteiger partial charge is 0.341 e. The number of rotatable bonds is 5. The molecule has 1 aromatic heterocycles. The van der Waals surface area contributed by atoms with Crippen molar-refractivity contribution < 1.29 is 19.1 Å². The fourth-order valence-corrected chi connectivity index (χ4v) is 3.09. The van der Waals surface area contributed by atoms with Crippen LogP contribution in [-0.4, -0.2) is 24.0 Å². The second kappa shape index (κ2) is 8.69. The average Bonchev–Trinajstić information content (AvgIpc) is 2.73. The number of nitrogens with zero attached hydrogens (tertiary/aromatic N) is 1. The molecule has 0 aliphatic rings. The van der Waals surface area contributed by atoms with Gasteiger partial charge in [-0.3, -0.25) is 4.98 Å². The lowest BCUT2D eigenvalue weighted by molar-refractivity contribution is 0.0336. The molecule has 5 heteroatoms. The normalized spacial score (nSPS) is 11.6. The Kier molecular flexibility index (Phi) is 6.07. The first-order valence-corrected chi connectivity index (χ1v) is 9.32. The molecule has 1 atom stereocenters. The highest BCUT2D eigenvalue weighted by Gasteiger charge is 2.21. The summed E-state index contributed by atoms with van der Waals surface area (Å²) in [6.45, 7) is 5.61. The maximum Gasteiger partial charge on any atom is 0.341 e. The van der Waals surface area contributed by atoms with Crippen molar-refractivity contribution in [2.24, 2.45) is 0 Å². The lowest BCUT2D eigenvalue weighted by Crippen LogP contribution is -2.13. The van der Waals surface area contributed by atoms with Crippen molar-refractivity contribution in [1.82, 2.24) is 4.98 Å². The van der Waals surface area contributed by atoms with Gasteiger partial charge in [0.05, 0.1) is 23.9 Å². The van der Waals surface area contributed by atoms with Gasteiger partial charge >= 0.3 is 11.9 Å². The number of esters is 2. The predicted molar refractivity (Wildman–Crippen MR) is 111 cm³/mol. The molecule has 29 heavy (non-hydrogen) atoms. The summed E-state index contributed by atoms with van der Waals surface area (Å²) in [5.41, 5.74) is 5.16. The molecule has 0 bridgehead atoms. The average molecular weight is 389 g/mol. The Morgan fingerprint density at radius 2 is 1.55 bits per heavy atom. The van der Waals surface area contributed by atoms with Crippen molar-refractivity contribution in [1.29, 1.82) is 0 Å². The van der Waals surface area contributed by atoms with Crippen LogP contribution >= 0.6 is 0 Å². The van der Waals surface area contributed by atoms with Gasteiger partial charge in [0, 0.05) is 6.20 Å². The Labute approximate surface area is 170 Å². The first-order chi connectivity index (χ1) is 13.9. The minimum Gasteiger partial charge on any atom is -0.465 e. The largest absolute Gasteiger partial charge is 0.465 e. The molecule has 2 aromatic carbocycles. The third-order valence-corrected chi connectivity index (χ3v) is 4.79. The van der Waals surface area contributed by atoms with Crippen molar-refractivity contribution in [3.8, 4) is 11.1 Å². The number of aromatic nitrogens is 1. The quantitative estimate of drug-likeness (QED) is 0.570. The van der Waals surface area contributed by atoms with Crippen LogP contribution in [0.3, 0.4) is 0 Å². The summed E-state index contributed by atoms with van der Waals surface area (Å²) in [5, 5.41) is 0.